The highest BCUT2D eigenvalue weighted by Crippen LogP contribution is 2.21. The van der Waals surface area contributed by atoms with Crippen LogP contribution in [0.5, 0.6) is 0 Å². The summed E-state index contributed by atoms with van der Waals surface area (Å²) in [6.45, 7) is 7.51. The number of nitrogens with one attached hydrogen (secondary N) is 1. The summed E-state index contributed by atoms with van der Waals surface area (Å²) in [7, 11) is -2.18. The molecule has 0 saturated heterocycles. The molecule has 0 atom stereocenters. The molecular formula is C13H23N3O4S. The van der Waals surface area contributed by atoms with Crippen LogP contribution in [0.1, 0.15) is 31.7 Å². The minimum atomic E-state index is -3.65. The molecule has 1 aromatic heterocycles. The van der Waals surface area contributed by atoms with Crippen LogP contribution >= 0.6 is 0 Å². The molecule has 7 nitrogen and oxygen atoms in total. The average molecular weight is 317 g/mol. The van der Waals surface area contributed by atoms with Crippen LogP contribution in [-0.2, 0) is 14.8 Å². The third-order valence-electron chi connectivity index (χ3n) is 2.98. The van der Waals surface area contributed by atoms with Crippen molar-refractivity contribution in [1.29, 1.82) is 0 Å². The largest absolute Gasteiger partial charge is 0.360 e. The molecule has 1 N–H and O–H groups in total. The maximum atomic E-state index is 12.4. The van der Waals surface area contributed by atoms with Crippen molar-refractivity contribution in [2.24, 2.45) is 5.92 Å². The summed E-state index contributed by atoms with van der Waals surface area (Å²) in [5.74, 6) is 0.463. The number of hydrogen-bond donors (Lipinski definition) is 1. The van der Waals surface area contributed by atoms with Crippen molar-refractivity contribution < 1.29 is 17.7 Å². The molecule has 1 amide bonds. The summed E-state index contributed by atoms with van der Waals surface area (Å²) in [6.07, 6.45) is 0.431. The Hall–Kier alpha value is -1.41. The van der Waals surface area contributed by atoms with E-state index in [1.807, 2.05) is 13.8 Å². The Morgan fingerprint density at radius 2 is 2.00 bits per heavy atom. The first-order chi connectivity index (χ1) is 9.66. The van der Waals surface area contributed by atoms with Gasteiger partial charge in [0.1, 0.15) is 10.6 Å². The Kier molecular flexibility index (Phi) is 5.91. The summed E-state index contributed by atoms with van der Waals surface area (Å²) in [5.41, 5.74) is 0.336. The molecule has 0 fully saturated rings. The van der Waals surface area contributed by atoms with Gasteiger partial charge in [0.05, 0.1) is 0 Å². The van der Waals surface area contributed by atoms with E-state index in [2.05, 4.69) is 10.5 Å². The van der Waals surface area contributed by atoms with Gasteiger partial charge in [0.2, 0.25) is 15.9 Å². The van der Waals surface area contributed by atoms with Gasteiger partial charge in [-0.3, -0.25) is 4.79 Å². The predicted molar refractivity (Wildman–Crippen MR) is 78.3 cm³/mol. The van der Waals surface area contributed by atoms with Crippen molar-refractivity contribution in [2.75, 3.05) is 20.1 Å². The van der Waals surface area contributed by atoms with E-state index in [0.717, 1.165) is 0 Å². The van der Waals surface area contributed by atoms with Crippen molar-refractivity contribution in [1.82, 2.24) is 14.8 Å². The zero-order valence-electron chi connectivity index (χ0n) is 13.1. The Labute approximate surface area is 125 Å². The van der Waals surface area contributed by atoms with Gasteiger partial charge in [-0.05, 0) is 19.8 Å². The van der Waals surface area contributed by atoms with Crippen molar-refractivity contribution >= 4 is 15.9 Å². The fourth-order valence-corrected chi connectivity index (χ4v) is 3.37. The Morgan fingerprint density at radius 3 is 2.48 bits per heavy atom. The summed E-state index contributed by atoms with van der Waals surface area (Å²) < 4.78 is 30.9. The van der Waals surface area contributed by atoms with Crippen LogP contribution in [0.2, 0.25) is 0 Å². The number of aryl methyl sites for hydroxylation is 2. The first-order valence-corrected chi connectivity index (χ1v) is 8.26. The molecular weight excluding hydrogens is 294 g/mol. The van der Waals surface area contributed by atoms with Gasteiger partial charge in [-0.2, -0.15) is 4.31 Å². The lowest BCUT2D eigenvalue weighted by molar-refractivity contribution is -0.121. The second kappa shape index (κ2) is 7.04. The van der Waals surface area contributed by atoms with Crippen molar-refractivity contribution in [2.45, 2.75) is 39.0 Å². The Bertz CT molecular complexity index is 573. The molecule has 0 aliphatic rings. The van der Waals surface area contributed by atoms with Gasteiger partial charge in [-0.15, -0.1) is 0 Å². The maximum Gasteiger partial charge on any atom is 0.248 e. The fraction of sp³-hybridized carbons (Fsp3) is 0.692. The van der Waals surface area contributed by atoms with E-state index in [-0.39, 0.29) is 35.6 Å². The van der Waals surface area contributed by atoms with E-state index in [9.17, 15) is 13.2 Å². The van der Waals surface area contributed by atoms with Gasteiger partial charge < -0.3 is 9.84 Å². The van der Waals surface area contributed by atoms with E-state index >= 15 is 0 Å². The molecule has 0 unspecified atom stereocenters. The van der Waals surface area contributed by atoms with Gasteiger partial charge in [-0.1, -0.05) is 19.0 Å². The molecule has 0 bridgehead atoms. The van der Waals surface area contributed by atoms with Crippen LogP contribution in [0.4, 0.5) is 0 Å². The smallest absolute Gasteiger partial charge is 0.248 e. The van der Waals surface area contributed by atoms with Crippen molar-refractivity contribution in [3.8, 4) is 0 Å². The van der Waals surface area contributed by atoms with Crippen molar-refractivity contribution in [3.05, 3.63) is 11.5 Å². The number of aromatic nitrogens is 1. The van der Waals surface area contributed by atoms with Gasteiger partial charge in [0.15, 0.2) is 5.76 Å². The van der Waals surface area contributed by atoms with Crippen LogP contribution in [0.25, 0.3) is 0 Å². The number of carbonyl (C=O) groups is 1. The highest BCUT2D eigenvalue weighted by molar-refractivity contribution is 7.89. The molecule has 0 radical (unpaired) electrons. The third kappa shape index (κ3) is 4.53. The molecule has 0 aromatic carbocycles. The zero-order chi connectivity index (χ0) is 16.2. The van der Waals surface area contributed by atoms with Crippen LogP contribution in [0.15, 0.2) is 9.42 Å². The van der Waals surface area contributed by atoms with E-state index in [1.165, 1.54) is 11.4 Å². The first kappa shape index (κ1) is 17.6. The average Bonchev–Trinajstić information content (AvgIpc) is 2.68. The molecule has 1 heterocycles. The summed E-state index contributed by atoms with van der Waals surface area (Å²) in [5, 5.41) is 6.36. The monoisotopic (exact) mass is 317 g/mol. The molecule has 8 heteroatoms. The van der Waals surface area contributed by atoms with E-state index in [4.69, 9.17) is 4.52 Å². The van der Waals surface area contributed by atoms with E-state index < -0.39 is 10.0 Å². The summed E-state index contributed by atoms with van der Waals surface area (Å²) >= 11 is 0. The summed E-state index contributed by atoms with van der Waals surface area (Å²) in [6, 6.07) is 0. The normalized spacial score (nSPS) is 12.1. The highest BCUT2D eigenvalue weighted by Gasteiger charge is 2.28. The minimum Gasteiger partial charge on any atom is -0.360 e. The van der Waals surface area contributed by atoms with Gasteiger partial charge in [-0.25, -0.2) is 8.42 Å². The molecule has 1 aromatic rings. The quantitative estimate of drug-likeness (QED) is 0.812. The zero-order valence-corrected chi connectivity index (χ0v) is 14.0. The van der Waals surface area contributed by atoms with Crippen LogP contribution < -0.4 is 5.32 Å². The second-order valence-corrected chi connectivity index (χ2v) is 7.41. The number of carbonyl (C=O) groups excluding carboxylic acids is 1. The van der Waals surface area contributed by atoms with E-state index in [0.29, 0.717) is 12.1 Å². The molecule has 21 heavy (non-hydrogen) atoms. The molecule has 0 aliphatic carbocycles. The Morgan fingerprint density at radius 1 is 1.38 bits per heavy atom. The minimum absolute atomic E-state index is 0.0758. The third-order valence-corrected chi connectivity index (χ3v) is 5.08. The van der Waals surface area contributed by atoms with Gasteiger partial charge in [0.25, 0.3) is 0 Å². The number of sulfonamides is 1. The SMILES string of the molecule is Cc1noc(C)c1S(=O)(=O)N(C)CCNC(=O)CC(C)C. The first-order valence-electron chi connectivity index (χ1n) is 6.82. The van der Waals surface area contributed by atoms with E-state index in [1.54, 1.807) is 13.8 Å². The topological polar surface area (TPSA) is 92.5 Å². The number of likely N-dealkylation sites (N-methyl/N-ethyl adjacent to an activating group) is 1. The lowest BCUT2D eigenvalue weighted by atomic mass is 10.1. The number of hydrogen-bond acceptors (Lipinski definition) is 5. The summed E-state index contributed by atoms with van der Waals surface area (Å²) in [4.78, 5) is 11.6. The van der Waals surface area contributed by atoms with Crippen LogP contribution in [0, 0.1) is 19.8 Å². The Balaban J connectivity index is 2.63. The maximum absolute atomic E-state index is 12.4. The number of amides is 1. The van der Waals surface area contributed by atoms with Gasteiger partial charge >= 0.3 is 0 Å². The molecule has 0 aliphatic heterocycles. The van der Waals surface area contributed by atoms with Gasteiger partial charge in [0, 0.05) is 26.6 Å². The standard InChI is InChI=1S/C13H23N3O4S/c1-9(2)8-12(17)14-6-7-16(5)21(18,19)13-10(3)15-20-11(13)4/h9H,6-8H2,1-5H3,(H,14,17). The van der Waals surface area contributed by atoms with Crippen LogP contribution in [-0.4, -0.2) is 43.9 Å². The number of rotatable bonds is 7. The molecule has 0 spiro atoms. The lowest BCUT2D eigenvalue weighted by Crippen LogP contribution is -2.36. The molecule has 1 rings (SSSR count). The van der Waals surface area contributed by atoms with Crippen molar-refractivity contribution in [3.63, 3.8) is 0 Å². The number of nitrogens with zero attached hydrogens (tertiary/aromatic N) is 2. The second-order valence-electron chi connectivity index (χ2n) is 5.43. The predicted octanol–water partition coefficient (Wildman–Crippen LogP) is 1.07. The lowest BCUT2D eigenvalue weighted by Gasteiger charge is -2.17. The molecule has 120 valence electrons. The highest BCUT2D eigenvalue weighted by atomic mass is 32.2. The molecule has 0 saturated carbocycles. The van der Waals surface area contributed by atoms with Crippen LogP contribution in [0.3, 0.4) is 0 Å². The fourth-order valence-electron chi connectivity index (χ4n) is 1.91.